The van der Waals surface area contributed by atoms with Crippen molar-refractivity contribution in [2.45, 2.75) is 13.8 Å². The van der Waals surface area contributed by atoms with Crippen molar-refractivity contribution < 1.29 is 24.5 Å². The van der Waals surface area contributed by atoms with Crippen LogP contribution in [0.15, 0.2) is 11.3 Å². The number of carboxylic acid groups (broad SMARTS) is 2. The molecule has 0 aromatic rings. The van der Waals surface area contributed by atoms with Crippen molar-refractivity contribution in [2.24, 2.45) is 17.3 Å². The summed E-state index contributed by atoms with van der Waals surface area (Å²) in [5.41, 5.74) is -0.363. The van der Waals surface area contributed by atoms with E-state index in [1.807, 2.05) is 13.8 Å². The van der Waals surface area contributed by atoms with E-state index in [4.69, 9.17) is 26.6 Å². The van der Waals surface area contributed by atoms with E-state index >= 15 is 0 Å². The Kier molecular flexibility index (Phi) is 3.48. The summed E-state index contributed by atoms with van der Waals surface area (Å²) in [7, 11) is 0. The summed E-state index contributed by atoms with van der Waals surface area (Å²) >= 11 is 5.64. The Morgan fingerprint density at radius 1 is 1.44 bits per heavy atom. The number of hydrogen-bond donors (Lipinski definition) is 2. The second-order valence-electron chi connectivity index (χ2n) is 4.32. The zero-order valence-electron chi connectivity index (χ0n) is 8.94. The lowest BCUT2D eigenvalue weighted by Gasteiger charge is -2.01. The molecule has 1 aliphatic carbocycles. The first kappa shape index (κ1) is 12.8. The predicted molar refractivity (Wildman–Crippen MR) is 55.9 cm³/mol. The molecule has 0 spiro atoms. The molecule has 2 unspecified atom stereocenters. The fraction of sp³-hybridized carbons (Fsp3) is 0.600. The first-order valence-corrected chi connectivity index (χ1v) is 5.09. The molecule has 0 amide bonds. The number of allylic oxidation sites excluding steroid dienone is 1. The van der Waals surface area contributed by atoms with Crippen LogP contribution in [0.1, 0.15) is 13.8 Å². The Labute approximate surface area is 97.7 Å². The summed E-state index contributed by atoms with van der Waals surface area (Å²) < 4.78 is 4.71. The highest BCUT2D eigenvalue weighted by molar-refractivity contribution is 6.28. The van der Waals surface area contributed by atoms with Crippen LogP contribution in [0.3, 0.4) is 0 Å². The van der Waals surface area contributed by atoms with E-state index in [2.05, 4.69) is 0 Å². The van der Waals surface area contributed by atoms with Crippen LogP contribution in [0.5, 0.6) is 0 Å². The minimum absolute atomic E-state index is 0.0655. The van der Waals surface area contributed by atoms with Crippen LogP contribution in [0.4, 0.5) is 0 Å². The van der Waals surface area contributed by atoms with Crippen LogP contribution in [0.25, 0.3) is 0 Å². The van der Waals surface area contributed by atoms with E-state index < -0.39 is 24.5 Å². The molecule has 1 saturated carbocycles. The van der Waals surface area contributed by atoms with Gasteiger partial charge in [0.05, 0.1) is 5.92 Å². The molecular formula is C10H13ClO5. The highest BCUT2D eigenvalue weighted by Crippen LogP contribution is 2.59. The van der Waals surface area contributed by atoms with Crippen LogP contribution < -0.4 is 0 Å². The highest BCUT2D eigenvalue weighted by atomic mass is 35.5. The quantitative estimate of drug-likeness (QED) is 0.721. The largest absolute Gasteiger partial charge is 0.481 e. The van der Waals surface area contributed by atoms with Gasteiger partial charge in [-0.05, 0) is 23.1 Å². The number of halogens is 1. The molecule has 1 rings (SSSR count). The SMILES string of the molecule is CC1(C)C(C=C(Cl)OCC(=O)O)C1C(=O)O. The van der Waals surface area contributed by atoms with Crippen molar-refractivity contribution in [1.29, 1.82) is 0 Å². The van der Waals surface area contributed by atoms with Gasteiger partial charge in [-0.25, -0.2) is 4.79 Å². The van der Waals surface area contributed by atoms with Gasteiger partial charge in [0.2, 0.25) is 0 Å². The fourth-order valence-electron chi connectivity index (χ4n) is 1.78. The summed E-state index contributed by atoms with van der Waals surface area (Å²) in [4.78, 5) is 21.0. The van der Waals surface area contributed by atoms with Gasteiger partial charge in [-0.1, -0.05) is 13.8 Å². The van der Waals surface area contributed by atoms with Crippen LogP contribution in [0, 0.1) is 17.3 Å². The average molecular weight is 249 g/mol. The third-order valence-electron chi connectivity index (χ3n) is 2.82. The third-order valence-corrected chi connectivity index (χ3v) is 3.06. The Morgan fingerprint density at radius 3 is 2.38 bits per heavy atom. The molecule has 90 valence electrons. The Balaban J connectivity index is 2.58. The van der Waals surface area contributed by atoms with Crippen LogP contribution in [0.2, 0.25) is 0 Å². The maximum absolute atomic E-state index is 10.8. The number of carboxylic acids is 2. The molecule has 0 aliphatic heterocycles. The van der Waals surface area contributed by atoms with Gasteiger partial charge in [-0.15, -0.1) is 0 Å². The summed E-state index contributed by atoms with van der Waals surface area (Å²) in [6.45, 7) is 3.10. The summed E-state index contributed by atoms with van der Waals surface area (Å²) in [5, 5.41) is 17.2. The van der Waals surface area contributed by atoms with Crippen molar-refractivity contribution in [2.75, 3.05) is 6.61 Å². The molecule has 0 aromatic heterocycles. The maximum atomic E-state index is 10.8. The molecule has 0 heterocycles. The van der Waals surface area contributed by atoms with Crippen molar-refractivity contribution in [3.63, 3.8) is 0 Å². The second-order valence-corrected chi connectivity index (χ2v) is 4.69. The van der Waals surface area contributed by atoms with Crippen LogP contribution in [-0.4, -0.2) is 28.8 Å². The van der Waals surface area contributed by atoms with Crippen molar-refractivity contribution >= 4 is 23.5 Å². The zero-order valence-corrected chi connectivity index (χ0v) is 9.69. The minimum atomic E-state index is -1.13. The Morgan fingerprint density at radius 2 is 2.00 bits per heavy atom. The molecular weight excluding hydrogens is 236 g/mol. The maximum Gasteiger partial charge on any atom is 0.341 e. The third kappa shape index (κ3) is 2.66. The van der Waals surface area contributed by atoms with E-state index in [0.717, 1.165) is 0 Å². The van der Waals surface area contributed by atoms with Crippen LogP contribution in [-0.2, 0) is 14.3 Å². The van der Waals surface area contributed by atoms with Crippen molar-refractivity contribution in [1.82, 2.24) is 0 Å². The van der Waals surface area contributed by atoms with Gasteiger partial charge in [-0.2, -0.15) is 0 Å². The lowest BCUT2D eigenvalue weighted by molar-refractivity contribution is -0.141. The van der Waals surface area contributed by atoms with E-state index in [-0.39, 0.29) is 16.6 Å². The fourth-order valence-corrected chi connectivity index (χ4v) is 1.97. The van der Waals surface area contributed by atoms with Gasteiger partial charge in [0.15, 0.2) is 11.8 Å². The Bertz CT molecular complexity index is 347. The van der Waals surface area contributed by atoms with Gasteiger partial charge in [0, 0.05) is 5.92 Å². The molecule has 16 heavy (non-hydrogen) atoms. The van der Waals surface area contributed by atoms with E-state index in [9.17, 15) is 9.59 Å². The molecule has 0 aromatic carbocycles. The molecule has 1 aliphatic rings. The number of carbonyl (C=O) groups is 2. The standard InChI is InChI=1S/C10H13ClO5/c1-10(2)5(8(10)9(14)15)3-6(11)16-4-7(12)13/h3,5,8H,4H2,1-2H3,(H,12,13)(H,14,15). The topological polar surface area (TPSA) is 83.8 Å². The van der Waals surface area contributed by atoms with Crippen LogP contribution >= 0.6 is 11.6 Å². The lowest BCUT2D eigenvalue weighted by Crippen LogP contribution is -2.05. The van der Waals surface area contributed by atoms with Crippen molar-refractivity contribution in [3.05, 3.63) is 11.3 Å². The summed E-state index contributed by atoms with van der Waals surface area (Å²) in [6.07, 6.45) is 1.46. The minimum Gasteiger partial charge on any atom is -0.481 e. The van der Waals surface area contributed by atoms with E-state index in [1.54, 1.807) is 0 Å². The van der Waals surface area contributed by atoms with Gasteiger partial charge in [-0.3, -0.25) is 4.79 Å². The van der Waals surface area contributed by atoms with Gasteiger partial charge < -0.3 is 14.9 Å². The number of aliphatic carboxylic acids is 2. The molecule has 0 radical (unpaired) electrons. The van der Waals surface area contributed by atoms with Gasteiger partial charge in [0.25, 0.3) is 0 Å². The number of rotatable bonds is 5. The molecule has 2 N–H and O–H groups in total. The summed E-state index contributed by atoms with van der Waals surface area (Å²) in [5.74, 6) is -2.72. The molecule has 5 nitrogen and oxygen atoms in total. The number of ether oxygens (including phenoxy) is 1. The normalized spacial score (nSPS) is 27.3. The summed E-state index contributed by atoms with van der Waals surface area (Å²) in [6, 6.07) is 0. The average Bonchev–Trinajstić information content (AvgIpc) is 2.64. The predicted octanol–water partition coefficient (Wildman–Crippen LogP) is 1.52. The highest BCUT2D eigenvalue weighted by Gasteiger charge is 2.61. The molecule has 6 heteroatoms. The number of hydrogen-bond acceptors (Lipinski definition) is 3. The van der Waals surface area contributed by atoms with E-state index in [0.29, 0.717) is 0 Å². The Hall–Kier alpha value is -1.23. The van der Waals surface area contributed by atoms with Crippen molar-refractivity contribution in [3.8, 4) is 0 Å². The molecule has 0 bridgehead atoms. The van der Waals surface area contributed by atoms with Gasteiger partial charge >= 0.3 is 11.9 Å². The zero-order chi connectivity index (χ0) is 12.5. The molecule has 2 atom stereocenters. The smallest absolute Gasteiger partial charge is 0.341 e. The monoisotopic (exact) mass is 248 g/mol. The molecule has 1 fully saturated rings. The lowest BCUT2D eigenvalue weighted by atomic mass is 10.1. The first-order chi connectivity index (χ1) is 7.26. The second kappa shape index (κ2) is 4.33. The van der Waals surface area contributed by atoms with E-state index in [1.165, 1.54) is 6.08 Å². The first-order valence-electron chi connectivity index (χ1n) is 4.71. The molecule has 0 saturated heterocycles. The van der Waals surface area contributed by atoms with Gasteiger partial charge in [0.1, 0.15) is 0 Å².